The number of hydrogen-bond acceptors (Lipinski definition) is 1. The van der Waals surface area contributed by atoms with Crippen molar-refractivity contribution in [1.82, 2.24) is 9.97 Å². The molecule has 0 saturated carbocycles. The second-order valence-electron chi connectivity index (χ2n) is 2.80. The Labute approximate surface area is 93.0 Å². The van der Waals surface area contributed by atoms with E-state index in [1.165, 1.54) is 10.9 Å². The Kier molecular flexibility index (Phi) is 2.69. The van der Waals surface area contributed by atoms with E-state index in [0.717, 1.165) is 21.9 Å². The minimum absolute atomic E-state index is 0.958. The van der Waals surface area contributed by atoms with Crippen molar-refractivity contribution in [1.29, 1.82) is 0 Å². The van der Waals surface area contributed by atoms with Crippen molar-refractivity contribution in [2.45, 2.75) is 6.42 Å². The summed E-state index contributed by atoms with van der Waals surface area (Å²) in [5.41, 5.74) is 2.26. The molecule has 0 amide bonds. The van der Waals surface area contributed by atoms with Crippen LogP contribution in [0.1, 0.15) is 5.56 Å². The molecule has 0 aliphatic heterocycles. The summed E-state index contributed by atoms with van der Waals surface area (Å²) in [6.45, 7) is 0. The molecule has 1 N–H and O–H groups in total. The highest BCUT2D eigenvalue weighted by Crippen LogP contribution is 2.21. The topological polar surface area (TPSA) is 28.7 Å². The summed E-state index contributed by atoms with van der Waals surface area (Å²) in [6, 6.07) is 2.09. The zero-order valence-electron chi connectivity index (χ0n) is 6.85. The van der Waals surface area contributed by atoms with Gasteiger partial charge in [-0.05, 0) is 34.0 Å². The van der Waals surface area contributed by atoms with Gasteiger partial charge >= 0.3 is 0 Å². The number of nitrogens with zero attached hydrogens (tertiary/aromatic N) is 1. The van der Waals surface area contributed by atoms with Crippen LogP contribution < -0.4 is 0 Å². The van der Waals surface area contributed by atoms with E-state index in [9.17, 15) is 0 Å². The molecule has 2 nitrogen and oxygen atoms in total. The van der Waals surface area contributed by atoms with Gasteiger partial charge in [-0.1, -0.05) is 15.9 Å². The molecular formula is C9H8Br2N2. The molecule has 2 aromatic rings. The van der Waals surface area contributed by atoms with Crippen molar-refractivity contribution in [3.63, 3.8) is 0 Å². The van der Waals surface area contributed by atoms with E-state index in [0.29, 0.717) is 0 Å². The zero-order valence-corrected chi connectivity index (χ0v) is 10.0. The van der Waals surface area contributed by atoms with Crippen LogP contribution in [0.3, 0.4) is 0 Å². The van der Waals surface area contributed by atoms with Gasteiger partial charge in [-0.3, -0.25) is 0 Å². The molecule has 2 aromatic heterocycles. The Balaban J connectivity index is 2.58. The number of halogens is 2. The summed E-state index contributed by atoms with van der Waals surface area (Å²) in [4.78, 5) is 7.41. The Morgan fingerprint density at radius 1 is 1.46 bits per heavy atom. The molecular weight excluding hydrogens is 296 g/mol. The monoisotopic (exact) mass is 302 g/mol. The molecule has 0 radical (unpaired) electrons. The highest BCUT2D eigenvalue weighted by atomic mass is 79.9. The summed E-state index contributed by atoms with van der Waals surface area (Å²) >= 11 is 6.84. The lowest BCUT2D eigenvalue weighted by atomic mass is 10.2. The van der Waals surface area contributed by atoms with Gasteiger partial charge in [0.05, 0.1) is 0 Å². The molecule has 4 heteroatoms. The third-order valence-corrected chi connectivity index (χ3v) is 2.78. The van der Waals surface area contributed by atoms with E-state index in [4.69, 9.17) is 0 Å². The van der Waals surface area contributed by atoms with Gasteiger partial charge in [0, 0.05) is 27.6 Å². The summed E-state index contributed by atoms with van der Waals surface area (Å²) < 4.78 is 1.02. The molecule has 0 saturated heterocycles. The van der Waals surface area contributed by atoms with Crippen LogP contribution in [-0.4, -0.2) is 15.3 Å². The molecule has 0 fully saturated rings. The zero-order chi connectivity index (χ0) is 9.26. The summed E-state index contributed by atoms with van der Waals surface area (Å²) in [5.74, 6) is 0. The Hall–Kier alpha value is -0.350. The number of hydrogen-bond donors (Lipinski definition) is 1. The van der Waals surface area contributed by atoms with E-state index in [2.05, 4.69) is 47.9 Å². The fraction of sp³-hybridized carbons (Fsp3) is 0.222. The smallest absolute Gasteiger partial charge is 0.137 e. The highest BCUT2D eigenvalue weighted by Gasteiger charge is 2.03. The van der Waals surface area contributed by atoms with Crippen molar-refractivity contribution in [2.75, 3.05) is 5.33 Å². The molecule has 0 atom stereocenters. The van der Waals surface area contributed by atoms with Gasteiger partial charge in [0.15, 0.2) is 0 Å². The Bertz CT molecular complexity index is 422. The summed E-state index contributed by atoms with van der Waals surface area (Å²) in [7, 11) is 0. The van der Waals surface area contributed by atoms with Crippen LogP contribution >= 0.6 is 31.9 Å². The maximum atomic E-state index is 4.27. The second kappa shape index (κ2) is 3.80. The molecule has 0 unspecified atom stereocenters. The second-order valence-corrected chi connectivity index (χ2v) is 4.51. The normalized spacial score (nSPS) is 10.9. The van der Waals surface area contributed by atoms with Crippen molar-refractivity contribution >= 4 is 42.9 Å². The molecule has 13 heavy (non-hydrogen) atoms. The average Bonchev–Trinajstić information content (AvgIpc) is 2.49. The average molecular weight is 304 g/mol. The predicted octanol–water partition coefficient (Wildman–Crippen LogP) is 3.26. The first kappa shape index (κ1) is 9.21. The van der Waals surface area contributed by atoms with Gasteiger partial charge in [0.1, 0.15) is 5.65 Å². The summed E-state index contributed by atoms with van der Waals surface area (Å²) in [6.07, 6.45) is 4.85. The van der Waals surface area contributed by atoms with Crippen LogP contribution in [0, 0.1) is 0 Å². The van der Waals surface area contributed by atoms with Gasteiger partial charge in [-0.25, -0.2) is 4.98 Å². The van der Waals surface area contributed by atoms with Gasteiger partial charge in [0.2, 0.25) is 0 Å². The molecule has 0 aromatic carbocycles. The minimum atomic E-state index is 0.958. The quantitative estimate of drug-likeness (QED) is 0.848. The largest absolute Gasteiger partial charge is 0.346 e. The van der Waals surface area contributed by atoms with E-state index < -0.39 is 0 Å². The van der Waals surface area contributed by atoms with Crippen molar-refractivity contribution in [3.8, 4) is 0 Å². The number of nitrogens with one attached hydrogen (secondary N) is 1. The highest BCUT2D eigenvalue weighted by molar-refractivity contribution is 9.10. The van der Waals surface area contributed by atoms with Gasteiger partial charge in [-0.15, -0.1) is 0 Å². The molecule has 68 valence electrons. The Morgan fingerprint density at radius 2 is 2.31 bits per heavy atom. The number of fused-ring (bicyclic) bond motifs is 1. The first-order chi connectivity index (χ1) is 6.31. The number of aromatic nitrogens is 2. The minimum Gasteiger partial charge on any atom is -0.346 e. The SMILES string of the molecule is BrCCc1c[nH]c2ncc(Br)cc12. The maximum Gasteiger partial charge on any atom is 0.137 e. The standard InChI is InChI=1S/C9H8Br2N2/c10-2-1-6-4-12-9-8(6)3-7(11)5-13-9/h3-5H,1-2H2,(H,12,13). The number of alkyl halides is 1. The van der Waals surface area contributed by atoms with Crippen LogP contribution in [0.25, 0.3) is 11.0 Å². The fourth-order valence-corrected chi connectivity index (χ4v) is 2.10. The van der Waals surface area contributed by atoms with Crippen molar-refractivity contribution < 1.29 is 0 Å². The lowest BCUT2D eigenvalue weighted by molar-refractivity contribution is 1.18. The third kappa shape index (κ3) is 1.79. The van der Waals surface area contributed by atoms with E-state index in [-0.39, 0.29) is 0 Å². The van der Waals surface area contributed by atoms with Crippen LogP contribution in [0.4, 0.5) is 0 Å². The van der Waals surface area contributed by atoms with Gasteiger partial charge in [0.25, 0.3) is 0 Å². The lowest BCUT2D eigenvalue weighted by Gasteiger charge is -1.94. The molecule has 0 aliphatic rings. The predicted molar refractivity (Wildman–Crippen MR) is 61.3 cm³/mol. The molecule has 2 heterocycles. The number of aryl methyl sites for hydroxylation is 1. The van der Waals surface area contributed by atoms with Crippen molar-refractivity contribution in [3.05, 3.63) is 28.5 Å². The summed E-state index contributed by atoms with van der Waals surface area (Å²) in [5, 5.41) is 2.18. The number of aromatic amines is 1. The fourth-order valence-electron chi connectivity index (χ4n) is 1.34. The molecule has 0 spiro atoms. The Morgan fingerprint density at radius 3 is 3.08 bits per heavy atom. The maximum absolute atomic E-state index is 4.27. The number of rotatable bonds is 2. The van der Waals surface area contributed by atoms with E-state index >= 15 is 0 Å². The lowest BCUT2D eigenvalue weighted by Crippen LogP contribution is -1.83. The number of pyridine rings is 1. The van der Waals surface area contributed by atoms with E-state index in [1.807, 2.05) is 6.20 Å². The van der Waals surface area contributed by atoms with Gasteiger partial charge < -0.3 is 4.98 Å². The molecule has 0 bridgehead atoms. The molecule has 0 aliphatic carbocycles. The van der Waals surface area contributed by atoms with Crippen molar-refractivity contribution in [2.24, 2.45) is 0 Å². The first-order valence-corrected chi connectivity index (χ1v) is 5.90. The third-order valence-electron chi connectivity index (χ3n) is 1.95. The van der Waals surface area contributed by atoms with E-state index in [1.54, 1.807) is 6.20 Å². The first-order valence-electron chi connectivity index (χ1n) is 3.98. The van der Waals surface area contributed by atoms with Crippen LogP contribution in [-0.2, 0) is 6.42 Å². The van der Waals surface area contributed by atoms with Crippen LogP contribution in [0.15, 0.2) is 22.9 Å². The van der Waals surface area contributed by atoms with Crippen LogP contribution in [0.5, 0.6) is 0 Å². The van der Waals surface area contributed by atoms with Gasteiger partial charge in [-0.2, -0.15) is 0 Å². The molecule has 2 rings (SSSR count). The van der Waals surface area contributed by atoms with Crippen LogP contribution in [0.2, 0.25) is 0 Å². The number of H-pyrrole nitrogens is 1.